The second-order valence-electron chi connectivity index (χ2n) is 5.35. The number of ketones is 1. The molecule has 1 aromatic rings. The quantitative estimate of drug-likeness (QED) is 0.779. The van der Waals surface area contributed by atoms with Crippen LogP contribution < -0.4 is 0 Å². The van der Waals surface area contributed by atoms with Crippen molar-refractivity contribution in [2.45, 2.75) is 45.8 Å². The Labute approximate surface area is 116 Å². The van der Waals surface area contributed by atoms with Crippen molar-refractivity contribution in [2.75, 3.05) is 14.2 Å². The lowest BCUT2D eigenvalue weighted by Gasteiger charge is -2.38. The number of methoxy groups -OCH3 is 2. The lowest BCUT2D eigenvalue weighted by atomic mass is 9.89. The maximum Gasteiger partial charge on any atom is 0.159 e. The van der Waals surface area contributed by atoms with E-state index in [1.54, 1.807) is 21.1 Å². The summed E-state index contributed by atoms with van der Waals surface area (Å²) in [5, 5.41) is 0. The van der Waals surface area contributed by atoms with Gasteiger partial charge in [-0.05, 0) is 34.6 Å². The number of benzene rings is 1. The standard InChI is InChI=1S/C8H18O2.C8H8O/c1-7(2,9-5)8(3,4)10-6;1-7(9)8-5-3-2-4-6-8/h1-6H3;2-6H,1H3. The van der Waals surface area contributed by atoms with Crippen molar-refractivity contribution in [3.05, 3.63) is 35.9 Å². The van der Waals surface area contributed by atoms with Gasteiger partial charge in [-0.2, -0.15) is 0 Å². The Bertz CT molecular complexity index is 366. The predicted molar refractivity (Wildman–Crippen MR) is 78.6 cm³/mol. The number of carbonyl (C=O) groups excluding carboxylic acids is 1. The van der Waals surface area contributed by atoms with Gasteiger partial charge in [-0.1, -0.05) is 30.3 Å². The maximum atomic E-state index is 10.6. The van der Waals surface area contributed by atoms with E-state index >= 15 is 0 Å². The van der Waals surface area contributed by atoms with E-state index in [-0.39, 0.29) is 17.0 Å². The van der Waals surface area contributed by atoms with Gasteiger partial charge in [-0.15, -0.1) is 0 Å². The Morgan fingerprint density at radius 2 is 1.26 bits per heavy atom. The van der Waals surface area contributed by atoms with Crippen LogP contribution in [0.3, 0.4) is 0 Å². The van der Waals surface area contributed by atoms with Crippen molar-refractivity contribution in [2.24, 2.45) is 0 Å². The van der Waals surface area contributed by atoms with Crippen molar-refractivity contribution in [1.82, 2.24) is 0 Å². The Morgan fingerprint density at radius 1 is 0.895 bits per heavy atom. The molecule has 1 aromatic carbocycles. The average molecular weight is 266 g/mol. The van der Waals surface area contributed by atoms with Crippen LogP contribution in [0.1, 0.15) is 45.0 Å². The third kappa shape index (κ3) is 5.53. The predicted octanol–water partition coefficient (Wildman–Crippen LogP) is 3.73. The van der Waals surface area contributed by atoms with Gasteiger partial charge in [0, 0.05) is 19.8 Å². The van der Waals surface area contributed by atoms with Crippen LogP contribution in [0.2, 0.25) is 0 Å². The van der Waals surface area contributed by atoms with Crippen molar-refractivity contribution >= 4 is 5.78 Å². The molecular formula is C16H26O3. The van der Waals surface area contributed by atoms with E-state index in [9.17, 15) is 4.79 Å². The fourth-order valence-corrected chi connectivity index (χ4v) is 1.16. The van der Waals surface area contributed by atoms with Crippen LogP contribution in [-0.4, -0.2) is 31.2 Å². The molecular weight excluding hydrogens is 240 g/mol. The monoisotopic (exact) mass is 266 g/mol. The highest BCUT2D eigenvalue weighted by Crippen LogP contribution is 2.27. The highest BCUT2D eigenvalue weighted by molar-refractivity contribution is 5.93. The summed E-state index contributed by atoms with van der Waals surface area (Å²) in [4.78, 5) is 10.6. The highest BCUT2D eigenvalue weighted by Gasteiger charge is 2.36. The maximum absolute atomic E-state index is 10.6. The molecule has 0 bridgehead atoms. The van der Waals surface area contributed by atoms with Crippen molar-refractivity contribution in [3.63, 3.8) is 0 Å². The molecule has 0 fully saturated rings. The van der Waals surface area contributed by atoms with Crippen molar-refractivity contribution in [1.29, 1.82) is 0 Å². The van der Waals surface area contributed by atoms with Gasteiger partial charge in [0.2, 0.25) is 0 Å². The molecule has 0 amide bonds. The van der Waals surface area contributed by atoms with Gasteiger partial charge in [-0.3, -0.25) is 4.79 Å². The summed E-state index contributed by atoms with van der Waals surface area (Å²) in [5.74, 6) is 0.121. The van der Waals surface area contributed by atoms with Crippen LogP contribution in [0, 0.1) is 0 Å². The van der Waals surface area contributed by atoms with E-state index < -0.39 is 0 Å². The smallest absolute Gasteiger partial charge is 0.159 e. The fraction of sp³-hybridized carbons (Fsp3) is 0.562. The molecule has 0 aliphatic carbocycles. The van der Waals surface area contributed by atoms with Crippen LogP contribution in [0.4, 0.5) is 0 Å². The van der Waals surface area contributed by atoms with E-state index in [1.165, 1.54) is 0 Å². The van der Waals surface area contributed by atoms with Gasteiger partial charge in [0.25, 0.3) is 0 Å². The number of ether oxygens (including phenoxy) is 2. The first kappa shape index (κ1) is 17.8. The third-order valence-corrected chi connectivity index (χ3v) is 3.65. The Balaban J connectivity index is 0.000000342. The Hall–Kier alpha value is -1.19. The molecule has 1 rings (SSSR count). The summed E-state index contributed by atoms with van der Waals surface area (Å²) in [6, 6.07) is 9.23. The molecule has 0 aromatic heterocycles. The van der Waals surface area contributed by atoms with Crippen LogP contribution in [-0.2, 0) is 9.47 Å². The molecule has 0 aliphatic rings. The van der Waals surface area contributed by atoms with E-state index in [4.69, 9.17) is 9.47 Å². The molecule has 3 nitrogen and oxygen atoms in total. The number of hydrogen-bond donors (Lipinski definition) is 0. The summed E-state index contributed by atoms with van der Waals surface area (Å²) in [6.07, 6.45) is 0. The van der Waals surface area contributed by atoms with E-state index in [0.29, 0.717) is 0 Å². The molecule has 108 valence electrons. The molecule has 0 N–H and O–H groups in total. The molecule has 0 heterocycles. The van der Waals surface area contributed by atoms with Crippen molar-refractivity contribution in [3.8, 4) is 0 Å². The second kappa shape index (κ2) is 7.41. The van der Waals surface area contributed by atoms with Crippen LogP contribution >= 0.6 is 0 Å². The normalized spacial score (nSPS) is 11.5. The summed E-state index contributed by atoms with van der Waals surface area (Å²) < 4.78 is 10.5. The SMILES string of the molecule is CC(=O)c1ccccc1.COC(C)(C)C(C)(C)OC. The van der Waals surface area contributed by atoms with Crippen LogP contribution in [0.5, 0.6) is 0 Å². The lowest BCUT2D eigenvalue weighted by Crippen LogP contribution is -2.48. The zero-order chi connectivity index (χ0) is 15.1. The van der Waals surface area contributed by atoms with Gasteiger partial charge < -0.3 is 9.47 Å². The summed E-state index contributed by atoms with van der Waals surface area (Å²) in [7, 11) is 3.39. The number of rotatable bonds is 4. The molecule has 0 atom stereocenters. The van der Waals surface area contributed by atoms with Gasteiger partial charge in [0.15, 0.2) is 5.78 Å². The minimum Gasteiger partial charge on any atom is -0.376 e. The summed E-state index contributed by atoms with van der Waals surface area (Å²) >= 11 is 0. The highest BCUT2D eigenvalue weighted by atomic mass is 16.5. The van der Waals surface area contributed by atoms with Gasteiger partial charge in [0.1, 0.15) is 0 Å². The fourth-order valence-electron chi connectivity index (χ4n) is 1.16. The van der Waals surface area contributed by atoms with E-state index in [1.807, 2.05) is 58.0 Å². The summed E-state index contributed by atoms with van der Waals surface area (Å²) in [5.41, 5.74) is 0.307. The molecule has 0 unspecified atom stereocenters. The Kier molecular flexibility index (Phi) is 6.95. The first-order chi connectivity index (χ1) is 8.68. The number of carbonyl (C=O) groups is 1. The third-order valence-electron chi connectivity index (χ3n) is 3.65. The minimum atomic E-state index is -0.234. The van der Waals surface area contributed by atoms with Gasteiger partial charge in [0.05, 0.1) is 11.2 Å². The van der Waals surface area contributed by atoms with Crippen molar-refractivity contribution < 1.29 is 14.3 Å². The first-order valence-corrected chi connectivity index (χ1v) is 6.34. The number of hydrogen-bond acceptors (Lipinski definition) is 3. The largest absolute Gasteiger partial charge is 0.376 e. The molecule has 0 saturated heterocycles. The lowest BCUT2D eigenvalue weighted by molar-refractivity contribution is -0.147. The molecule has 0 spiro atoms. The van der Waals surface area contributed by atoms with Gasteiger partial charge in [-0.25, -0.2) is 0 Å². The zero-order valence-corrected chi connectivity index (χ0v) is 13.1. The zero-order valence-electron chi connectivity index (χ0n) is 13.1. The molecule has 0 radical (unpaired) electrons. The van der Waals surface area contributed by atoms with E-state index in [0.717, 1.165) is 5.56 Å². The van der Waals surface area contributed by atoms with E-state index in [2.05, 4.69) is 0 Å². The summed E-state index contributed by atoms with van der Waals surface area (Å²) in [6.45, 7) is 9.61. The Morgan fingerprint density at radius 3 is 1.47 bits per heavy atom. The topological polar surface area (TPSA) is 35.5 Å². The first-order valence-electron chi connectivity index (χ1n) is 6.34. The number of Topliss-reactive ketones (excluding diaryl/α,β-unsaturated/α-hetero) is 1. The molecule has 0 aliphatic heterocycles. The second-order valence-corrected chi connectivity index (χ2v) is 5.35. The van der Waals surface area contributed by atoms with Crippen LogP contribution in [0.15, 0.2) is 30.3 Å². The minimum absolute atomic E-state index is 0.121. The average Bonchev–Trinajstić information content (AvgIpc) is 2.40. The molecule has 0 saturated carbocycles. The molecule has 3 heteroatoms. The van der Waals surface area contributed by atoms with Crippen LogP contribution in [0.25, 0.3) is 0 Å². The molecule has 19 heavy (non-hydrogen) atoms. The van der Waals surface area contributed by atoms with Gasteiger partial charge >= 0.3 is 0 Å².